The second-order valence-electron chi connectivity index (χ2n) is 9.54. The smallest absolute Gasteiger partial charge is 0.164 e. The van der Waals surface area contributed by atoms with Crippen LogP contribution >= 0.6 is 0 Å². The summed E-state index contributed by atoms with van der Waals surface area (Å²) in [5.74, 6) is 1.95. The Morgan fingerprint density at radius 3 is 1.50 bits per heavy atom. The first kappa shape index (κ1) is 23.6. The Balaban J connectivity index is 1.35. The van der Waals surface area contributed by atoms with Gasteiger partial charge in [-0.25, -0.2) is 15.0 Å². The summed E-state index contributed by atoms with van der Waals surface area (Å²) in [6.45, 7) is 0. The number of hydrogen-bond donors (Lipinski definition) is 0. The van der Waals surface area contributed by atoms with E-state index in [1.165, 1.54) is 10.8 Å². The van der Waals surface area contributed by atoms with Crippen LogP contribution in [0.2, 0.25) is 0 Å². The van der Waals surface area contributed by atoms with Crippen LogP contribution in [0.3, 0.4) is 0 Å². The Morgan fingerprint density at radius 1 is 0.375 bits per heavy atom. The van der Waals surface area contributed by atoms with Gasteiger partial charge in [0.1, 0.15) is 0 Å². The van der Waals surface area contributed by atoms with Gasteiger partial charge in [-0.15, -0.1) is 0 Å². The van der Waals surface area contributed by atoms with Crippen LogP contribution in [0.5, 0.6) is 0 Å². The summed E-state index contributed by atoms with van der Waals surface area (Å²) in [6.07, 6.45) is 1.85. The van der Waals surface area contributed by atoms with Crippen molar-refractivity contribution in [3.05, 3.63) is 146 Å². The number of benzene rings is 5. The van der Waals surface area contributed by atoms with Gasteiger partial charge in [0.05, 0.1) is 5.69 Å². The minimum Gasteiger partial charge on any atom is -0.256 e. The number of hydrogen-bond acceptors (Lipinski definition) is 4. The molecular weight excluding hydrogens is 488 g/mol. The highest BCUT2D eigenvalue weighted by atomic mass is 15.0. The fourth-order valence-electron chi connectivity index (χ4n) is 5.04. The van der Waals surface area contributed by atoms with Gasteiger partial charge in [-0.3, -0.25) is 4.98 Å². The predicted molar refractivity (Wildman–Crippen MR) is 162 cm³/mol. The van der Waals surface area contributed by atoms with E-state index < -0.39 is 0 Å². The van der Waals surface area contributed by atoms with E-state index >= 15 is 0 Å². The first-order valence-electron chi connectivity index (χ1n) is 13.2. The summed E-state index contributed by atoms with van der Waals surface area (Å²) in [4.78, 5) is 19.3. The molecule has 2 heterocycles. The van der Waals surface area contributed by atoms with Crippen molar-refractivity contribution in [3.63, 3.8) is 0 Å². The maximum atomic E-state index is 4.88. The van der Waals surface area contributed by atoms with Gasteiger partial charge in [-0.2, -0.15) is 0 Å². The third kappa shape index (κ3) is 4.52. The lowest BCUT2D eigenvalue weighted by molar-refractivity contribution is 1.07. The number of rotatable bonds is 5. The number of pyridine rings is 1. The van der Waals surface area contributed by atoms with Crippen LogP contribution in [0, 0.1) is 0 Å². The quantitative estimate of drug-likeness (QED) is 0.231. The fourth-order valence-corrected chi connectivity index (χ4v) is 5.04. The number of aromatic nitrogens is 4. The monoisotopic (exact) mass is 512 g/mol. The molecule has 0 amide bonds. The molecule has 4 nitrogen and oxygen atoms in total. The topological polar surface area (TPSA) is 51.6 Å². The molecule has 0 aliphatic rings. The van der Waals surface area contributed by atoms with Gasteiger partial charge in [0.15, 0.2) is 17.5 Å². The Morgan fingerprint density at radius 2 is 0.900 bits per heavy atom. The maximum Gasteiger partial charge on any atom is 0.164 e. The van der Waals surface area contributed by atoms with E-state index in [9.17, 15) is 0 Å². The lowest BCUT2D eigenvalue weighted by Crippen LogP contribution is -2.00. The van der Waals surface area contributed by atoms with E-state index in [4.69, 9.17) is 19.9 Å². The molecule has 40 heavy (non-hydrogen) atoms. The molecule has 0 atom stereocenters. The van der Waals surface area contributed by atoms with Crippen LogP contribution < -0.4 is 0 Å². The Hall–Kier alpha value is -5.48. The largest absolute Gasteiger partial charge is 0.256 e. The fraction of sp³-hybridized carbons (Fsp3) is 0. The van der Waals surface area contributed by atoms with Crippen molar-refractivity contribution in [2.75, 3.05) is 0 Å². The molecule has 0 fully saturated rings. The SMILES string of the molecule is c1ccc(-c2nc(-c3ccccc3)nc(-c3ccc(-c4ccc5ccccc5c4-c4ccccn4)cc3)n2)cc1. The molecule has 7 aromatic rings. The van der Waals surface area contributed by atoms with Crippen molar-refractivity contribution in [3.8, 4) is 56.5 Å². The molecule has 188 valence electrons. The minimum absolute atomic E-state index is 0.641. The molecule has 0 unspecified atom stereocenters. The third-order valence-corrected chi connectivity index (χ3v) is 7.00. The van der Waals surface area contributed by atoms with Crippen molar-refractivity contribution in [2.45, 2.75) is 0 Å². The Labute approximate surface area is 232 Å². The van der Waals surface area contributed by atoms with E-state index in [1.807, 2.05) is 79.0 Å². The third-order valence-electron chi connectivity index (χ3n) is 7.00. The summed E-state index contributed by atoms with van der Waals surface area (Å²) in [6, 6.07) is 47.4. The average molecular weight is 513 g/mol. The summed E-state index contributed by atoms with van der Waals surface area (Å²) in [5.41, 5.74) is 7.17. The van der Waals surface area contributed by atoms with Crippen molar-refractivity contribution in [1.82, 2.24) is 19.9 Å². The zero-order valence-corrected chi connectivity index (χ0v) is 21.6. The zero-order valence-electron chi connectivity index (χ0n) is 21.6. The molecule has 0 radical (unpaired) electrons. The van der Waals surface area contributed by atoms with Crippen LogP contribution in [-0.2, 0) is 0 Å². The van der Waals surface area contributed by atoms with Crippen LogP contribution in [0.25, 0.3) is 67.3 Å². The van der Waals surface area contributed by atoms with Gasteiger partial charge in [-0.1, -0.05) is 127 Å². The van der Waals surface area contributed by atoms with Gasteiger partial charge in [0.25, 0.3) is 0 Å². The lowest BCUT2D eigenvalue weighted by Gasteiger charge is -2.14. The molecule has 0 aliphatic heterocycles. The van der Waals surface area contributed by atoms with Crippen LogP contribution in [-0.4, -0.2) is 19.9 Å². The van der Waals surface area contributed by atoms with E-state index in [1.54, 1.807) is 0 Å². The Bertz CT molecular complexity index is 1860. The van der Waals surface area contributed by atoms with Gasteiger partial charge < -0.3 is 0 Å². The molecule has 0 N–H and O–H groups in total. The molecule has 2 aromatic heterocycles. The summed E-state index contributed by atoms with van der Waals surface area (Å²) < 4.78 is 0. The maximum absolute atomic E-state index is 4.88. The standard InChI is InChI=1S/C36H24N4/c1-3-12-27(13-4-1)34-38-35(28-14-5-2-6-15-28)40-36(39-34)29-20-18-26(19-21-29)31-23-22-25-11-7-8-16-30(25)33(31)32-17-9-10-24-37-32/h1-24H. The molecule has 0 spiro atoms. The van der Waals surface area contributed by atoms with Gasteiger partial charge >= 0.3 is 0 Å². The van der Waals surface area contributed by atoms with Crippen molar-refractivity contribution in [2.24, 2.45) is 0 Å². The van der Waals surface area contributed by atoms with Crippen molar-refractivity contribution in [1.29, 1.82) is 0 Å². The average Bonchev–Trinajstić information content (AvgIpc) is 3.05. The van der Waals surface area contributed by atoms with Crippen molar-refractivity contribution >= 4 is 10.8 Å². The second-order valence-corrected chi connectivity index (χ2v) is 9.54. The molecule has 7 rings (SSSR count). The molecule has 5 aromatic carbocycles. The van der Waals surface area contributed by atoms with Crippen LogP contribution in [0.4, 0.5) is 0 Å². The minimum atomic E-state index is 0.641. The van der Waals surface area contributed by atoms with E-state index in [2.05, 4.69) is 66.7 Å². The Kier molecular flexibility index (Phi) is 6.11. The predicted octanol–water partition coefficient (Wildman–Crippen LogP) is 8.75. The zero-order chi connectivity index (χ0) is 26.7. The highest BCUT2D eigenvalue weighted by Gasteiger charge is 2.15. The summed E-state index contributed by atoms with van der Waals surface area (Å²) >= 11 is 0. The van der Waals surface area contributed by atoms with E-state index in [0.29, 0.717) is 17.5 Å². The molecule has 0 saturated carbocycles. The molecule has 0 saturated heterocycles. The van der Waals surface area contributed by atoms with Crippen molar-refractivity contribution < 1.29 is 0 Å². The lowest BCUT2D eigenvalue weighted by atomic mass is 9.91. The molecule has 0 aliphatic carbocycles. The second kappa shape index (κ2) is 10.4. The molecule has 4 heteroatoms. The summed E-state index contributed by atoms with van der Waals surface area (Å²) in [7, 11) is 0. The van der Waals surface area contributed by atoms with Gasteiger partial charge in [0.2, 0.25) is 0 Å². The van der Waals surface area contributed by atoms with E-state index in [0.717, 1.165) is 39.1 Å². The molecule has 0 bridgehead atoms. The van der Waals surface area contributed by atoms with E-state index in [-0.39, 0.29) is 0 Å². The number of nitrogens with zero attached hydrogens (tertiary/aromatic N) is 4. The van der Waals surface area contributed by atoms with Crippen LogP contribution in [0.1, 0.15) is 0 Å². The first-order valence-corrected chi connectivity index (χ1v) is 13.2. The highest BCUT2D eigenvalue weighted by molar-refractivity contribution is 6.03. The normalized spacial score (nSPS) is 11.0. The highest BCUT2D eigenvalue weighted by Crippen LogP contribution is 2.38. The van der Waals surface area contributed by atoms with Gasteiger partial charge in [0, 0.05) is 28.5 Å². The van der Waals surface area contributed by atoms with Gasteiger partial charge in [-0.05, 0) is 34.0 Å². The van der Waals surface area contributed by atoms with Crippen LogP contribution in [0.15, 0.2) is 146 Å². The molecular formula is C36H24N4. The summed E-state index contributed by atoms with van der Waals surface area (Å²) in [5, 5.41) is 2.37. The first-order chi connectivity index (χ1) is 19.8. The number of fused-ring (bicyclic) bond motifs is 1.